The highest BCUT2D eigenvalue weighted by Crippen LogP contribution is 2.36. The van der Waals surface area contributed by atoms with Gasteiger partial charge in [0.25, 0.3) is 0 Å². The molecule has 0 spiro atoms. The molecule has 2 rings (SSSR count). The fourth-order valence-corrected chi connectivity index (χ4v) is 3.02. The Morgan fingerprint density at radius 3 is 2.50 bits per heavy atom. The van der Waals surface area contributed by atoms with Crippen LogP contribution in [0.2, 0.25) is 0 Å². The predicted octanol–water partition coefficient (Wildman–Crippen LogP) is 4.57. The molecule has 0 N–H and O–H groups in total. The normalized spacial score (nSPS) is 16.2. The average molecular weight is 334 g/mol. The van der Waals surface area contributed by atoms with Crippen LogP contribution in [0.3, 0.4) is 0 Å². The van der Waals surface area contributed by atoms with Crippen LogP contribution in [-0.4, -0.2) is 25.8 Å². The molecule has 4 heteroatoms. The van der Waals surface area contributed by atoms with E-state index in [0.717, 1.165) is 37.7 Å². The van der Waals surface area contributed by atoms with Crippen LogP contribution in [0.15, 0.2) is 30.3 Å². The van der Waals surface area contributed by atoms with Crippen LogP contribution < -0.4 is 0 Å². The van der Waals surface area contributed by atoms with Crippen LogP contribution in [0.1, 0.15) is 63.9 Å². The number of carbonyl (C=O) groups is 1. The number of esters is 1. The molecule has 1 aliphatic heterocycles. The van der Waals surface area contributed by atoms with Gasteiger partial charge in [0.05, 0.1) is 19.8 Å². The van der Waals surface area contributed by atoms with Gasteiger partial charge >= 0.3 is 5.97 Å². The minimum atomic E-state index is -0.620. The number of benzene rings is 1. The highest BCUT2D eigenvalue weighted by molar-refractivity contribution is 5.69. The van der Waals surface area contributed by atoms with Gasteiger partial charge in [0.15, 0.2) is 5.79 Å². The number of rotatable bonds is 11. The van der Waals surface area contributed by atoms with Crippen molar-refractivity contribution in [1.29, 1.82) is 0 Å². The highest BCUT2D eigenvalue weighted by atomic mass is 16.7. The Labute approximate surface area is 145 Å². The first kappa shape index (κ1) is 18.9. The Balaban J connectivity index is 1.65. The molecule has 0 unspecified atom stereocenters. The third-order valence-corrected chi connectivity index (χ3v) is 4.37. The second-order valence-corrected chi connectivity index (χ2v) is 6.30. The topological polar surface area (TPSA) is 44.8 Å². The lowest BCUT2D eigenvalue weighted by Gasteiger charge is -2.27. The molecule has 1 saturated heterocycles. The summed E-state index contributed by atoms with van der Waals surface area (Å²) < 4.78 is 17.1. The molecular formula is C20H30O4. The van der Waals surface area contributed by atoms with Crippen molar-refractivity contribution in [3.05, 3.63) is 35.9 Å². The van der Waals surface area contributed by atoms with Gasteiger partial charge in [-0.2, -0.15) is 0 Å². The molecule has 1 fully saturated rings. The fraction of sp³-hybridized carbons (Fsp3) is 0.650. The Bertz CT molecular complexity index is 466. The smallest absolute Gasteiger partial charge is 0.305 e. The molecule has 1 aliphatic rings. The van der Waals surface area contributed by atoms with Gasteiger partial charge in [0, 0.05) is 18.4 Å². The van der Waals surface area contributed by atoms with Crippen molar-refractivity contribution >= 4 is 5.97 Å². The van der Waals surface area contributed by atoms with Crippen molar-refractivity contribution in [3.8, 4) is 0 Å². The largest absolute Gasteiger partial charge is 0.466 e. The van der Waals surface area contributed by atoms with Crippen molar-refractivity contribution in [3.63, 3.8) is 0 Å². The summed E-state index contributed by atoms with van der Waals surface area (Å²) in [5.41, 5.74) is 1.07. The maximum Gasteiger partial charge on any atom is 0.305 e. The molecule has 1 aromatic carbocycles. The van der Waals surface area contributed by atoms with E-state index in [-0.39, 0.29) is 5.97 Å². The molecule has 1 heterocycles. The Kier molecular flexibility index (Phi) is 8.26. The number of hydrogen-bond donors (Lipinski definition) is 0. The van der Waals surface area contributed by atoms with Crippen molar-refractivity contribution in [2.24, 2.45) is 0 Å². The molecule has 0 saturated carbocycles. The van der Waals surface area contributed by atoms with Gasteiger partial charge in [-0.3, -0.25) is 4.79 Å². The van der Waals surface area contributed by atoms with Gasteiger partial charge in [0.2, 0.25) is 0 Å². The zero-order chi connectivity index (χ0) is 17.1. The van der Waals surface area contributed by atoms with E-state index in [4.69, 9.17) is 14.2 Å². The van der Waals surface area contributed by atoms with Gasteiger partial charge in [-0.25, -0.2) is 0 Å². The van der Waals surface area contributed by atoms with Crippen molar-refractivity contribution in [2.45, 2.75) is 64.1 Å². The minimum Gasteiger partial charge on any atom is -0.466 e. The molecule has 0 aromatic heterocycles. The molecule has 134 valence electrons. The van der Waals surface area contributed by atoms with Gasteiger partial charge in [-0.15, -0.1) is 0 Å². The van der Waals surface area contributed by atoms with Gasteiger partial charge < -0.3 is 14.2 Å². The van der Waals surface area contributed by atoms with Crippen LogP contribution in [0.25, 0.3) is 0 Å². The molecule has 24 heavy (non-hydrogen) atoms. The van der Waals surface area contributed by atoms with E-state index < -0.39 is 5.79 Å². The lowest BCUT2D eigenvalue weighted by molar-refractivity contribution is -0.172. The molecular weight excluding hydrogens is 304 g/mol. The Hall–Kier alpha value is -1.39. The first-order chi connectivity index (χ1) is 11.8. The van der Waals surface area contributed by atoms with Crippen LogP contribution in [0.4, 0.5) is 0 Å². The Morgan fingerprint density at radius 2 is 1.79 bits per heavy atom. The third-order valence-electron chi connectivity index (χ3n) is 4.37. The maximum atomic E-state index is 11.6. The highest BCUT2D eigenvalue weighted by Gasteiger charge is 2.37. The van der Waals surface area contributed by atoms with Crippen LogP contribution in [0.5, 0.6) is 0 Å². The first-order valence-electron chi connectivity index (χ1n) is 9.26. The summed E-state index contributed by atoms with van der Waals surface area (Å²) in [4.78, 5) is 11.6. The van der Waals surface area contributed by atoms with Crippen molar-refractivity contribution in [1.82, 2.24) is 0 Å². The summed E-state index contributed by atoms with van der Waals surface area (Å²) in [5.74, 6) is -0.692. The quantitative estimate of drug-likeness (QED) is 0.439. The first-order valence-corrected chi connectivity index (χ1v) is 9.26. The predicted molar refractivity (Wildman–Crippen MR) is 93.6 cm³/mol. The van der Waals surface area contributed by atoms with E-state index in [1.165, 1.54) is 12.8 Å². The van der Waals surface area contributed by atoms with E-state index in [9.17, 15) is 4.79 Å². The minimum absolute atomic E-state index is 0.0720. The van der Waals surface area contributed by atoms with Crippen LogP contribution in [0, 0.1) is 0 Å². The van der Waals surface area contributed by atoms with Crippen LogP contribution in [-0.2, 0) is 24.8 Å². The summed E-state index contributed by atoms with van der Waals surface area (Å²) in [5, 5.41) is 0. The second kappa shape index (κ2) is 10.5. The summed E-state index contributed by atoms with van der Waals surface area (Å²) in [6.07, 6.45) is 7.48. The monoisotopic (exact) mass is 334 g/mol. The molecule has 0 atom stereocenters. The Morgan fingerprint density at radius 1 is 1.04 bits per heavy atom. The van der Waals surface area contributed by atoms with Gasteiger partial charge in [0.1, 0.15) is 0 Å². The van der Waals surface area contributed by atoms with Crippen LogP contribution >= 0.6 is 0 Å². The van der Waals surface area contributed by atoms with E-state index in [1.54, 1.807) is 0 Å². The second-order valence-electron chi connectivity index (χ2n) is 6.30. The molecule has 0 radical (unpaired) electrons. The zero-order valence-corrected chi connectivity index (χ0v) is 14.8. The molecule has 0 bridgehead atoms. The third kappa shape index (κ3) is 5.91. The zero-order valence-electron chi connectivity index (χ0n) is 14.8. The SMILES string of the molecule is CCCCCCC(=O)OCCCCC1(c2ccccc2)OCCO1. The lowest BCUT2D eigenvalue weighted by Crippen LogP contribution is -2.27. The molecule has 4 nitrogen and oxygen atoms in total. The summed E-state index contributed by atoms with van der Waals surface area (Å²) in [7, 11) is 0. The van der Waals surface area contributed by atoms with E-state index in [1.807, 2.05) is 30.3 Å². The average Bonchev–Trinajstić information content (AvgIpc) is 3.09. The molecule has 0 amide bonds. The fourth-order valence-electron chi connectivity index (χ4n) is 3.02. The summed E-state index contributed by atoms with van der Waals surface area (Å²) in [6.45, 7) is 3.90. The number of ether oxygens (including phenoxy) is 3. The number of hydrogen-bond acceptors (Lipinski definition) is 4. The van der Waals surface area contributed by atoms with Gasteiger partial charge in [-0.1, -0.05) is 56.5 Å². The van der Waals surface area contributed by atoms with E-state index in [2.05, 4.69) is 6.92 Å². The molecule has 0 aliphatic carbocycles. The maximum absolute atomic E-state index is 11.6. The van der Waals surface area contributed by atoms with E-state index in [0.29, 0.717) is 26.2 Å². The molecule has 1 aromatic rings. The number of carbonyl (C=O) groups excluding carboxylic acids is 1. The van der Waals surface area contributed by atoms with Crippen molar-refractivity contribution in [2.75, 3.05) is 19.8 Å². The summed E-state index contributed by atoms with van der Waals surface area (Å²) in [6, 6.07) is 10.1. The standard InChI is InChI=1S/C20H30O4/c1-2-3-4-8-13-19(21)22-15-10-9-14-20(23-16-17-24-20)18-11-6-5-7-12-18/h5-7,11-12H,2-4,8-10,13-17H2,1H3. The van der Waals surface area contributed by atoms with E-state index >= 15 is 0 Å². The lowest BCUT2D eigenvalue weighted by atomic mass is 10.00. The summed E-state index contributed by atoms with van der Waals surface area (Å²) >= 11 is 0. The van der Waals surface area contributed by atoms with Crippen molar-refractivity contribution < 1.29 is 19.0 Å². The van der Waals surface area contributed by atoms with Gasteiger partial charge in [-0.05, 0) is 19.3 Å². The number of unbranched alkanes of at least 4 members (excludes halogenated alkanes) is 4.